The Balaban J connectivity index is 1.80. The molecule has 0 aliphatic carbocycles. The number of nitrogens with one attached hydrogen (secondary N) is 1. The third-order valence-corrected chi connectivity index (χ3v) is 6.12. The Morgan fingerprint density at radius 1 is 1.31 bits per heavy atom. The van der Waals surface area contributed by atoms with Crippen LogP contribution in [-0.2, 0) is 0 Å². The van der Waals surface area contributed by atoms with Crippen LogP contribution in [0, 0.1) is 18.7 Å². The zero-order chi connectivity index (χ0) is 22.8. The number of piperidine rings is 1. The van der Waals surface area contributed by atoms with Crippen molar-refractivity contribution in [3.8, 4) is 17.1 Å². The number of halogens is 1. The number of nitrogens with zero attached hydrogens (tertiary/aromatic N) is 3. The monoisotopic (exact) mass is 438 g/mol. The lowest BCUT2D eigenvalue weighted by Gasteiger charge is -2.37. The summed E-state index contributed by atoms with van der Waals surface area (Å²) in [5.41, 5.74) is 1.66. The van der Waals surface area contributed by atoms with E-state index in [1.807, 2.05) is 32.0 Å². The van der Waals surface area contributed by atoms with Crippen molar-refractivity contribution in [2.75, 3.05) is 18.0 Å². The molecular weight excluding hydrogens is 411 g/mol. The topological polar surface area (TPSA) is 98.6 Å². The van der Waals surface area contributed by atoms with Crippen LogP contribution in [0.4, 0.5) is 15.0 Å². The van der Waals surface area contributed by atoms with E-state index in [1.165, 1.54) is 18.2 Å². The maximum atomic E-state index is 14.6. The van der Waals surface area contributed by atoms with Gasteiger partial charge < -0.3 is 20.4 Å². The third-order valence-electron chi connectivity index (χ3n) is 6.12. The number of fused-ring (bicyclic) bond motifs is 1. The van der Waals surface area contributed by atoms with Gasteiger partial charge in [0.05, 0.1) is 11.1 Å². The zero-order valence-corrected chi connectivity index (χ0v) is 18.2. The molecular formula is C24H27FN4O3. The van der Waals surface area contributed by atoms with Gasteiger partial charge >= 0.3 is 6.09 Å². The largest absolute Gasteiger partial charge is 0.507 e. The number of amides is 1. The Morgan fingerprint density at radius 2 is 2.12 bits per heavy atom. The number of aromatic hydroxyl groups is 1. The summed E-state index contributed by atoms with van der Waals surface area (Å²) in [5.74, 6) is 0.132. The number of aromatic nitrogens is 2. The number of rotatable bonds is 5. The molecule has 3 aromatic rings. The fraction of sp³-hybridized carbons (Fsp3) is 0.375. The van der Waals surface area contributed by atoms with Gasteiger partial charge in [-0.3, -0.25) is 0 Å². The average Bonchev–Trinajstić information content (AvgIpc) is 2.76. The molecule has 1 amide bonds. The molecule has 0 saturated carbocycles. The van der Waals surface area contributed by atoms with E-state index in [-0.39, 0.29) is 29.1 Å². The average molecular weight is 439 g/mol. The number of hydrogen-bond donors (Lipinski definition) is 3. The second kappa shape index (κ2) is 8.98. The lowest BCUT2D eigenvalue weighted by molar-refractivity contribution is 0.180. The second-order valence-corrected chi connectivity index (χ2v) is 8.34. The van der Waals surface area contributed by atoms with Crippen molar-refractivity contribution in [2.24, 2.45) is 5.92 Å². The molecule has 2 atom stereocenters. The molecule has 1 aromatic heterocycles. The maximum Gasteiger partial charge on any atom is 0.404 e. The number of phenols is 1. The van der Waals surface area contributed by atoms with Crippen molar-refractivity contribution in [1.29, 1.82) is 0 Å². The van der Waals surface area contributed by atoms with Gasteiger partial charge in [-0.2, -0.15) is 0 Å². The Morgan fingerprint density at radius 3 is 2.84 bits per heavy atom. The smallest absolute Gasteiger partial charge is 0.404 e. The molecule has 1 unspecified atom stereocenters. The van der Waals surface area contributed by atoms with Gasteiger partial charge in [0.2, 0.25) is 0 Å². The van der Waals surface area contributed by atoms with Crippen molar-refractivity contribution in [3.63, 3.8) is 0 Å². The molecule has 2 heterocycles. The second-order valence-electron chi connectivity index (χ2n) is 8.34. The van der Waals surface area contributed by atoms with Gasteiger partial charge in [0.1, 0.15) is 17.4 Å². The number of anilines is 1. The van der Waals surface area contributed by atoms with Gasteiger partial charge in [-0.15, -0.1) is 0 Å². The molecule has 4 rings (SSSR count). The minimum atomic E-state index is -1.02. The predicted octanol–water partition coefficient (Wildman–Crippen LogP) is 4.71. The fourth-order valence-corrected chi connectivity index (χ4v) is 4.55. The summed E-state index contributed by atoms with van der Waals surface area (Å²) >= 11 is 0. The van der Waals surface area contributed by atoms with E-state index in [9.17, 15) is 19.4 Å². The van der Waals surface area contributed by atoms with E-state index >= 15 is 0 Å². The lowest BCUT2D eigenvalue weighted by Crippen LogP contribution is -2.47. The standard InChI is InChI=1S/C24H27FN4O3/c1-3-18(27-24(31)32)15-6-5-11-29(13-15)23-16-10-9-14(2)12-19(16)26-22(28-23)21-17(25)7-4-8-20(21)30/h4,7-10,12,15,18,27,30H,3,5-6,11,13H2,1-2H3,(H,31,32)/t15-,18?/m0/s1. The van der Waals surface area contributed by atoms with Crippen LogP contribution in [0.5, 0.6) is 5.75 Å². The van der Waals surface area contributed by atoms with Gasteiger partial charge in [0, 0.05) is 24.5 Å². The van der Waals surface area contributed by atoms with Crippen LogP contribution in [0.15, 0.2) is 36.4 Å². The molecule has 0 bridgehead atoms. The fourth-order valence-electron chi connectivity index (χ4n) is 4.55. The highest BCUT2D eigenvalue weighted by Crippen LogP contribution is 2.35. The normalized spacial score (nSPS) is 17.3. The van der Waals surface area contributed by atoms with Gasteiger partial charge in [0.25, 0.3) is 0 Å². The van der Waals surface area contributed by atoms with Crippen molar-refractivity contribution in [1.82, 2.24) is 15.3 Å². The number of hydrogen-bond acceptors (Lipinski definition) is 5. The minimum Gasteiger partial charge on any atom is -0.507 e. The van der Waals surface area contributed by atoms with E-state index in [1.54, 1.807) is 0 Å². The quantitative estimate of drug-likeness (QED) is 0.534. The molecule has 0 radical (unpaired) electrons. The van der Waals surface area contributed by atoms with E-state index in [2.05, 4.69) is 15.2 Å². The highest BCUT2D eigenvalue weighted by Gasteiger charge is 2.29. The van der Waals surface area contributed by atoms with E-state index in [0.717, 1.165) is 30.3 Å². The highest BCUT2D eigenvalue weighted by atomic mass is 19.1. The molecule has 168 valence electrons. The van der Waals surface area contributed by atoms with E-state index in [4.69, 9.17) is 4.98 Å². The summed E-state index contributed by atoms with van der Waals surface area (Å²) in [7, 11) is 0. The predicted molar refractivity (Wildman–Crippen MR) is 122 cm³/mol. The van der Waals surface area contributed by atoms with Gasteiger partial charge in [-0.05, 0) is 61.9 Å². The van der Waals surface area contributed by atoms with Crippen LogP contribution in [0.2, 0.25) is 0 Å². The van der Waals surface area contributed by atoms with E-state index in [0.29, 0.717) is 24.3 Å². The molecule has 1 saturated heterocycles. The summed E-state index contributed by atoms with van der Waals surface area (Å²) in [6.07, 6.45) is 1.48. The molecule has 1 fully saturated rings. The van der Waals surface area contributed by atoms with Crippen molar-refractivity contribution >= 4 is 22.8 Å². The Hall–Kier alpha value is -3.42. The third kappa shape index (κ3) is 4.30. The first kappa shape index (κ1) is 21.8. The zero-order valence-electron chi connectivity index (χ0n) is 18.2. The van der Waals surface area contributed by atoms with Crippen molar-refractivity contribution < 1.29 is 19.4 Å². The molecule has 1 aliphatic heterocycles. The molecule has 1 aliphatic rings. The van der Waals surface area contributed by atoms with Crippen LogP contribution in [0.25, 0.3) is 22.3 Å². The van der Waals surface area contributed by atoms with Crippen LogP contribution in [-0.4, -0.2) is 45.4 Å². The van der Waals surface area contributed by atoms with Crippen LogP contribution < -0.4 is 10.2 Å². The summed E-state index contributed by atoms with van der Waals surface area (Å²) in [6.45, 7) is 5.31. The summed E-state index contributed by atoms with van der Waals surface area (Å²) < 4.78 is 14.6. The van der Waals surface area contributed by atoms with E-state index < -0.39 is 11.9 Å². The van der Waals surface area contributed by atoms with Crippen LogP contribution in [0.1, 0.15) is 31.7 Å². The first-order valence-electron chi connectivity index (χ1n) is 10.9. The highest BCUT2D eigenvalue weighted by molar-refractivity contribution is 5.92. The summed E-state index contributed by atoms with van der Waals surface area (Å²) in [4.78, 5) is 22.6. The molecule has 7 nitrogen and oxygen atoms in total. The first-order chi connectivity index (χ1) is 15.4. The molecule has 8 heteroatoms. The summed E-state index contributed by atoms with van der Waals surface area (Å²) in [6, 6.07) is 9.85. The minimum absolute atomic E-state index is 0.0234. The maximum absolute atomic E-state index is 14.6. The number of aryl methyl sites for hydroxylation is 1. The molecule has 3 N–H and O–H groups in total. The Kier molecular flexibility index (Phi) is 6.12. The van der Waals surface area contributed by atoms with Crippen molar-refractivity contribution in [3.05, 3.63) is 47.8 Å². The number of carbonyl (C=O) groups is 1. The SMILES string of the molecule is CCC(NC(=O)O)[C@H]1CCCN(c2nc(-c3c(O)cccc3F)nc3cc(C)ccc23)C1. The number of benzene rings is 2. The Bertz CT molecular complexity index is 1130. The van der Waals surface area contributed by atoms with Gasteiger partial charge in [-0.1, -0.05) is 19.1 Å². The van der Waals surface area contributed by atoms with Crippen LogP contribution in [0.3, 0.4) is 0 Å². The van der Waals surface area contributed by atoms with Crippen molar-refractivity contribution in [2.45, 2.75) is 39.2 Å². The molecule has 0 spiro atoms. The number of carboxylic acid groups (broad SMARTS) is 1. The number of phenolic OH excluding ortho intramolecular Hbond substituents is 1. The lowest BCUT2D eigenvalue weighted by atomic mass is 9.89. The van der Waals surface area contributed by atoms with Gasteiger partial charge in [-0.25, -0.2) is 19.2 Å². The Labute approximate surface area is 185 Å². The summed E-state index contributed by atoms with van der Waals surface area (Å²) in [5, 5.41) is 23.0. The first-order valence-corrected chi connectivity index (χ1v) is 10.9. The molecule has 32 heavy (non-hydrogen) atoms. The molecule has 2 aromatic carbocycles. The van der Waals surface area contributed by atoms with Gasteiger partial charge in [0.15, 0.2) is 5.82 Å². The van der Waals surface area contributed by atoms with Crippen LogP contribution >= 0.6 is 0 Å².